The van der Waals surface area contributed by atoms with E-state index in [1.807, 2.05) is 18.7 Å². The van der Waals surface area contributed by atoms with E-state index in [-0.39, 0.29) is 16.6 Å². The Kier molecular flexibility index (Phi) is 8.58. The molecule has 182 valence electrons. The maximum absolute atomic E-state index is 15.4. The van der Waals surface area contributed by atoms with Crippen LogP contribution in [0.15, 0.2) is 42.9 Å². The van der Waals surface area contributed by atoms with Crippen LogP contribution in [-0.4, -0.2) is 37.0 Å². The molecule has 6 nitrogen and oxygen atoms in total. The van der Waals surface area contributed by atoms with Gasteiger partial charge in [-0.05, 0) is 32.9 Å². The van der Waals surface area contributed by atoms with E-state index in [0.717, 1.165) is 16.8 Å². The fraction of sp³-hybridized carbons (Fsp3) is 0.333. The van der Waals surface area contributed by atoms with Gasteiger partial charge in [0.15, 0.2) is 17.4 Å². The van der Waals surface area contributed by atoms with E-state index in [4.69, 9.17) is 10.5 Å². The fourth-order valence-corrected chi connectivity index (χ4v) is 4.54. The van der Waals surface area contributed by atoms with Crippen molar-refractivity contribution in [1.82, 2.24) is 19.4 Å². The van der Waals surface area contributed by atoms with Crippen molar-refractivity contribution in [1.29, 1.82) is 0 Å². The summed E-state index contributed by atoms with van der Waals surface area (Å²) in [6.07, 6.45) is 4.35. The van der Waals surface area contributed by atoms with Crippen molar-refractivity contribution < 1.29 is 17.9 Å². The number of benzene rings is 1. The van der Waals surface area contributed by atoms with E-state index >= 15 is 8.78 Å². The quantitative estimate of drug-likeness (QED) is 0.185. The van der Waals surface area contributed by atoms with E-state index in [9.17, 15) is 4.39 Å². The van der Waals surface area contributed by atoms with Gasteiger partial charge in [-0.1, -0.05) is 35.2 Å². The molecule has 3 rings (SSSR count). The van der Waals surface area contributed by atoms with E-state index in [2.05, 4.69) is 39.1 Å². The van der Waals surface area contributed by atoms with Gasteiger partial charge in [-0.25, -0.2) is 13.8 Å². The number of hydrogen-bond acceptors (Lipinski definition) is 5. The highest BCUT2D eigenvalue weighted by atomic mass is 127. The second kappa shape index (κ2) is 11.2. The van der Waals surface area contributed by atoms with Crippen LogP contribution >= 0.6 is 22.6 Å². The van der Waals surface area contributed by atoms with E-state index in [1.54, 1.807) is 23.6 Å². The summed E-state index contributed by atoms with van der Waals surface area (Å²) in [5.74, 6) is -3.45. The molecule has 0 bridgehead atoms. The Bertz CT molecular complexity index is 1230. The van der Waals surface area contributed by atoms with Crippen LogP contribution in [-0.2, 0) is 6.54 Å². The van der Waals surface area contributed by atoms with Crippen LogP contribution in [0.4, 0.5) is 13.2 Å². The van der Waals surface area contributed by atoms with E-state index in [0.29, 0.717) is 31.0 Å². The number of nitrogens with two attached hydrogens (primary N) is 1. The summed E-state index contributed by atoms with van der Waals surface area (Å²) in [6.45, 7) is 11.1. The van der Waals surface area contributed by atoms with Gasteiger partial charge in [-0.2, -0.15) is 9.37 Å². The zero-order valence-corrected chi connectivity index (χ0v) is 21.4. The van der Waals surface area contributed by atoms with Crippen LogP contribution in [0.25, 0.3) is 10.9 Å². The van der Waals surface area contributed by atoms with Gasteiger partial charge in [0.2, 0.25) is 5.82 Å². The number of fused-ring (bicyclic) bond motifs is 1. The van der Waals surface area contributed by atoms with Crippen LogP contribution in [0.1, 0.15) is 31.3 Å². The van der Waals surface area contributed by atoms with Crippen molar-refractivity contribution in [2.45, 2.75) is 33.4 Å². The Morgan fingerprint density at radius 2 is 2.00 bits per heavy atom. The average molecular weight is 585 g/mol. The molecule has 2 aromatic heterocycles. The van der Waals surface area contributed by atoms with Crippen molar-refractivity contribution in [2.24, 2.45) is 5.73 Å². The van der Waals surface area contributed by atoms with Gasteiger partial charge in [0.25, 0.3) is 5.88 Å². The van der Waals surface area contributed by atoms with Crippen LogP contribution in [0, 0.1) is 24.4 Å². The SMILES string of the molecule is C=C/C=C(\C(N)c1ncnc(Oc2cc(F)c3c(cc(C)n3CC)c2F)c1F)N(CC)CCI. The minimum atomic E-state index is -0.948. The molecule has 3 aromatic rings. The van der Waals surface area contributed by atoms with Crippen LogP contribution < -0.4 is 10.5 Å². The predicted octanol–water partition coefficient (Wildman–Crippen LogP) is 5.80. The average Bonchev–Trinajstić information content (AvgIpc) is 3.17. The summed E-state index contributed by atoms with van der Waals surface area (Å²) in [4.78, 5) is 9.80. The highest BCUT2D eigenvalue weighted by Gasteiger charge is 2.26. The number of likely N-dealkylation sites (N-methyl/N-ethyl adjacent to an activating group) is 1. The first-order chi connectivity index (χ1) is 16.3. The zero-order chi connectivity index (χ0) is 25.0. The summed E-state index contributed by atoms with van der Waals surface area (Å²) in [7, 11) is 0. The van der Waals surface area contributed by atoms with Crippen molar-refractivity contribution in [3.63, 3.8) is 0 Å². The van der Waals surface area contributed by atoms with Gasteiger partial charge in [0, 0.05) is 46.9 Å². The second-order valence-electron chi connectivity index (χ2n) is 7.52. The predicted molar refractivity (Wildman–Crippen MR) is 136 cm³/mol. The Hall–Kier alpha value is -2.60. The standard InChI is InChI=1S/C24H27F3IN5O/c1-5-8-17(32(6-2)10-9-28)21(29)22-20(27)24(31-13-30-22)34-18-12-16(25)23-15(19(18)26)11-14(4)33(23)7-3/h5,8,11-13,21H,1,6-7,9-10,29H2,2-4H3/b17-8+. The van der Waals surface area contributed by atoms with Crippen molar-refractivity contribution in [2.75, 3.05) is 17.5 Å². The summed E-state index contributed by atoms with van der Waals surface area (Å²) >= 11 is 2.24. The molecule has 2 N–H and O–H groups in total. The third-order valence-electron chi connectivity index (χ3n) is 5.55. The molecule has 0 saturated heterocycles. The molecule has 0 aliphatic carbocycles. The molecule has 0 saturated carbocycles. The Morgan fingerprint density at radius 3 is 2.62 bits per heavy atom. The molecule has 0 amide bonds. The van der Waals surface area contributed by atoms with Gasteiger partial charge >= 0.3 is 0 Å². The number of hydrogen-bond donors (Lipinski definition) is 1. The van der Waals surface area contributed by atoms with Gasteiger partial charge in [0.1, 0.15) is 12.0 Å². The maximum Gasteiger partial charge on any atom is 0.259 e. The van der Waals surface area contributed by atoms with E-state index in [1.165, 1.54) is 6.07 Å². The lowest BCUT2D eigenvalue weighted by Crippen LogP contribution is -2.32. The second-order valence-corrected chi connectivity index (χ2v) is 8.60. The molecule has 1 atom stereocenters. The smallest absolute Gasteiger partial charge is 0.259 e. The number of halogens is 4. The number of nitrogens with zero attached hydrogens (tertiary/aromatic N) is 4. The number of allylic oxidation sites excluding steroid dienone is 2. The first-order valence-electron chi connectivity index (χ1n) is 10.8. The van der Waals surface area contributed by atoms with Crippen LogP contribution in [0.3, 0.4) is 0 Å². The lowest BCUT2D eigenvalue weighted by atomic mass is 10.1. The molecule has 0 fully saturated rings. The van der Waals surface area contributed by atoms with Crippen molar-refractivity contribution >= 4 is 33.5 Å². The largest absolute Gasteiger partial charge is 0.433 e. The van der Waals surface area contributed by atoms with Crippen LogP contribution in [0.2, 0.25) is 0 Å². The Labute approximate surface area is 210 Å². The fourth-order valence-electron chi connectivity index (χ4n) is 3.96. The lowest BCUT2D eigenvalue weighted by Gasteiger charge is -2.29. The van der Waals surface area contributed by atoms with Gasteiger partial charge in [-0.3, -0.25) is 0 Å². The number of rotatable bonds is 10. The molecule has 34 heavy (non-hydrogen) atoms. The lowest BCUT2D eigenvalue weighted by molar-refractivity contribution is 0.351. The summed E-state index contributed by atoms with van der Waals surface area (Å²) in [5.41, 5.74) is 7.69. The minimum Gasteiger partial charge on any atom is -0.433 e. The molecule has 0 spiro atoms. The summed E-state index contributed by atoms with van der Waals surface area (Å²) in [5, 5.41) is 0.0503. The van der Waals surface area contributed by atoms with Crippen molar-refractivity contribution in [3.05, 3.63) is 71.7 Å². The molecule has 1 unspecified atom stereocenters. The summed E-state index contributed by atoms with van der Waals surface area (Å²) < 4.78 is 53.4. The zero-order valence-electron chi connectivity index (χ0n) is 19.3. The third kappa shape index (κ3) is 4.92. The molecule has 0 aliphatic rings. The highest BCUT2D eigenvalue weighted by Crippen LogP contribution is 2.35. The first kappa shape index (κ1) is 26.0. The molecule has 10 heteroatoms. The Morgan fingerprint density at radius 1 is 1.26 bits per heavy atom. The van der Waals surface area contributed by atoms with Gasteiger partial charge < -0.3 is 19.9 Å². The normalized spacial score (nSPS) is 12.8. The molecule has 2 heterocycles. The topological polar surface area (TPSA) is 69.2 Å². The maximum atomic E-state index is 15.4. The Balaban J connectivity index is 2.03. The third-order valence-corrected chi connectivity index (χ3v) is 6.03. The number of aromatic nitrogens is 3. The molecule has 1 aromatic carbocycles. The molecular weight excluding hydrogens is 558 g/mol. The van der Waals surface area contributed by atoms with Gasteiger partial charge in [0.05, 0.1) is 11.6 Å². The van der Waals surface area contributed by atoms with Crippen LogP contribution in [0.5, 0.6) is 11.6 Å². The van der Waals surface area contributed by atoms with Crippen molar-refractivity contribution in [3.8, 4) is 11.6 Å². The number of alkyl halides is 1. The van der Waals surface area contributed by atoms with E-state index < -0.39 is 35.1 Å². The highest BCUT2D eigenvalue weighted by molar-refractivity contribution is 14.1. The first-order valence-corrected chi connectivity index (χ1v) is 12.4. The summed E-state index contributed by atoms with van der Waals surface area (Å²) in [6, 6.07) is 1.48. The van der Waals surface area contributed by atoms with Gasteiger partial charge in [-0.15, -0.1) is 0 Å². The molecule has 0 aliphatic heterocycles. The molecular formula is C24H27F3IN5O. The minimum absolute atomic E-state index is 0.0503. The number of ether oxygens (including phenoxy) is 1. The monoisotopic (exact) mass is 585 g/mol. The number of aryl methyl sites for hydroxylation is 2. The molecule has 0 radical (unpaired) electrons.